The van der Waals surface area contributed by atoms with Gasteiger partial charge in [-0.25, -0.2) is 19.9 Å². The topological polar surface area (TPSA) is 85.2 Å². The molecule has 0 unspecified atom stereocenters. The Hall–Kier alpha value is -12.5. The summed E-state index contributed by atoms with van der Waals surface area (Å²) < 4.78 is 103. The number of nitrogens with zero attached hydrogens (tertiary/aromatic N) is 7. The third kappa shape index (κ3) is 10.6. The Kier molecular flexibility index (Phi) is 14.4. The van der Waals surface area contributed by atoms with Gasteiger partial charge in [-0.05, 0) is 97.1 Å². The number of pyridine rings is 4. The van der Waals surface area contributed by atoms with Crippen LogP contribution in [0.1, 0.15) is 16.7 Å². The molecule has 0 N–H and O–H groups in total. The van der Waals surface area contributed by atoms with Crippen LogP contribution in [0.4, 0.5) is 26.3 Å². The van der Waals surface area contributed by atoms with Gasteiger partial charge < -0.3 is 9.13 Å². The molecular formula is C83H49F6N7. The maximum absolute atomic E-state index is 16.5. The van der Waals surface area contributed by atoms with Crippen LogP contribution in [0.25, 0.3) is 156 Å². The van der Waals surface area contributed by atoms with E-state index in [1.54, 1.807) is 9.13 Å². The summed E-state index contributed by atoms with van der Waals surface area (Å²) in [7, 11) is 0. The summed E-state index contributed by atoms with van der Waals surface area (Å²) in [5.41, 5.74) is 7.35. The van der Waals surface area contributed by atoms with Gasteiger partial charge in [-0.15, -0.1) is 0 Å². The first-order chi connectivity index (χ1) is 46.8. The van der Waals surface area contributed by atoms with Crippen molar-refractivity contribution in [3.63, 3.8) is 0 Å². The Morgan fingerprint density at radius 1 is 0.260 bits per heavy atom. The number of fused-ring (bicyclic) bond motifs is 6. The predicted molar refractivity (Wildman–Crippen MR) is 370 cm³/mol. The van der Waals surface area contributed by atoms with Gasteiger partial charge in [0.2, 0.25) is 0 Å². The molecule has 10 aromatic carbocycles. The van der Waals surface area contributed by atoms with Crippen molar-refractivity contribution >= 4 is 43.6 Å². The van der Waals surface area contributed by atoms with Gasteiger partial charge >= 0.3 is 12.4 Å². The first-order valence-corrected chi connectivity index (χ1v) is 31.0. The van der Waals surface area contributed by atoms with Crippen molar-refractivity contribution in [3.05, 3.63) is 314 Å². The lowest BCUT2D eigenvalue weighted by Crippen LogP contribution is -2.16. The second-order valence-corrected chi connectivity index (χ2v) is 23.4. The maximum atomic E-state index is 16.5. The van der Waals surface area contributed by atoms with Crippen molar-refractivity contribution in [1.82, 2.24) is 29.1 Å². The molecule has 0 bridgehead atoms. The minimum Gasteiger partial charge on any atom is -0.308 e. The first-order valence-electron chi connectivity index (χ1n) is 31.0. The van der Waals surface area contributed by atoms with Crippen LogP contribution in [0.15, 0.2) is 297 Å². The SMILES string of the molecule is N#Cc1cc(-n2c3cc(-c4cccc(-c5ccccc5)n4)ccc3c3ccc(-c4cccc(-c5ccccc5)n4)cc32)c(-c2c(C(F)(F)F)cccc2C(F)(F)F)c(-n2c3cc(-c4cccc(-c5ccccc5)n4)ccc3c3ccc(-c4cccc(-c5ccccc5)n4)cc32)c1. The molecule has 0 spiro atoms. The number of halogens is 6. The van der Waals surface area contributed by atoms with Crippen molar-refractivity contribution in [2.24, 2.45) is 0 Å². The highest BCUT2D eigenvalue weighted by atomic mass is 19.4. The number of nitriles is 1. The molecule has 6 heterocycles. The Bertz CT molecular complexity index is 5140. The lowest BCUT2D eigenvalue weighted by molar-refractivity contribution is -0.142. The van der Waals surface area contributed by atoms with Crippen LogP contribution in [-0.4, -0.2) is 29.1 Å². The molecule has 0 atom stereocenters. The number of rotatable bonds is 11. The van der Waals surface area contributed by atoms with Crippen LogP contribution < -0.4 is 0 Å². The van der Waals surface area contributed by atoms with Gasteiger partial charge in [-0.1, -0.05) is 200 Å². The molecule has 13 heteroatoms. The summed E-state index contributed by atoms with van der Waals surface area (Å²) in [6.45, 7) is 0. The van der Waals surface area contributed by atoms with Gasteiger partial charge in [0.25, 0.3) is 0 Å². The second kappa shape index (κ2) is 23.5. The van der Waals surface area contributed by atoms with Gasteiger partial charge in [-0.3, -0.25) is 0 Å². The average Bonchev–Trinajstić information content (AvgIpc) is 1.52. The molecule has 7 nitrogen and oxygen atoms in total. The van der Waals surface area contributed by atoms with E-state index in [-0.39, 0.29) is 16.9 Å². The molecule has 0 aliphatic heterocycles. The van der Waals surface area contributed by atoms with Gasteiger partial charge in [0, 0.05) is 77.2 Å². The van der Waals surface area contributed by atoms with E-state index in [2.05, 4.69) is 6.07 Å². The second-order valence-electron chi connectivity index (χ2n) is 23.4. The average molecular weight is 1260 g/mol. The standard InChI is InChI=1S/C83H49F6N7/c84-82(85,86)64-26-13-27-65(83(87,88)89)80(64)81-78(95-74-46-56(70-32-14-28-66(91-70)52-18-5-1-6-19-52)36-40-60(74)61-41-37-57(47-75(61)95)71-33-15-29-67(92-71)53-20-7-2-8-21-53)44-51(50-90)45-79(81)96-76-48-58(72-34-16-30-68(93-72)54-22-9-3-10-23-54)38-42-62(76)63-43-39-59(49-77(63)96)73-35-17-31-69(94-73)55-24-11-4-12-25-55/h1-49H. The third-order valence-electron chi connectivity index (χ3n) is 17.6. The highest BCUT2D eigenvalue weighted by Crippen LogP contribution is 2.52. The zero-order valence-electron chi connectivity index (χ0n) is 50.7. The van der Waals surface area contributed by atoms with Crippen LogP contribution in [-0.2, 0) is 12.4 Å². The van der Waals surface area contributed by atoms with Crippen LogP contribution in [0.3, 0.4) is 0 Å². The summed E-state index contributed by atoms with van der Waals surface area (Å²) >= 11 is 0. The fraction of sp³-hybridized carbons (Fsp3) is 0.0241. The molecule has 0 amide bonds. The van der Waals surface area contributed by atoms with Crippen molar-refractivity contribution in [2.45, 2.75) is 12.4 Å². The number of hydrogen-bond acceptors (Lipinski definition) is 5. The fourth-order valence-electron chi connectivity index (χ4n) is 13.2. The molecule has 0 aliphatic rings. The van der Waals surface area contributed by atoms with E-state index in [0.29, 0.717) is 124 Å². The van der Waals surface area contributed by atoms with Gasteiger partial charge in [0.1, 0.15) is 0 Å². The largest absolute Gasteiger partial charge is 0.417 e. The maximum Gasteiger partial charge on any atom is 0.417 e. The molecule has 458 valence electrons. The number of aromatic nitrogens is 6. The van der Waals surface area contributed by atoms with E-state index in [1.807, 2.05) is 267 Å². The zero-order chi connectivity index (χ0) is 65.2. The van der Waals surface area contributed by atoms with Gasteiger partial charge in [-0.2, -0.15) is 31.6 Å². The normalized spacial score (nSPS) is 11.8. The summed E-state index contributed by atoms with van der Waals surface area (Å²) in [6, 6.07) is 91.0. The van der Waals surface area contributed by atoms with E-state index in [9.17, 15) is 5.26 Å². The van der Waals surface area contributed by atoms with E-state index < -0.39 is 34.6 Å². The Labute approximate surface area is 546 Å². The van der Waals surface area contributed by atoms with E-state index in [4.69, 9.17) is 19.9 Å². The molecule has 0 aliphatic carbocycles. The Morgan fingerprint density at radius 2 is 0.510 bits per heavy atom. The molecule has 0 fully saturated rings. The van der Waals surface area contributed by atoms with E-state index >= 15 is 26.3 Å². The van der Waals surface area contributed by atoms with Crippen molar-refractivity contribution in [3.8, 4) is 119 Å². The van der Waals surface area contributed by atoms with E-state index in [1.165, 1.54) is 12.1 Å². The summed E-state index contributed by atoms with van der Waals surface area (Å²) in [5, 5.41) is 14.0. The lowest BCUT2D eigenvalue weighted by atomic mass is 9.89. The highest BCUT2D eigenvalue weighted by Gasteiger charge is 2.43. The Balaban J connectivity index is 1.05. The molecule has 96 heavy (non-hydrogen) atoms. The number of benzene rings is 10. The number of hydrogen-bond donors (Lipinski definition) is 0. The van der Waals surface area contributed by atoms with Crippen LogP contribution in [0.5, 0.6) is 0 Å². The minimum absolute atomic E-state index is 0.0599. The third-order valence-corrected chi connectivity index (χ3v) is 17.6. The molecule has 6 aromatic heterocycles. The summed E-state index contributed by atoms with van der Waals surface area (Å²) in [4.78, 5) is 20.5. The van der Waals surface area contributed by atoms with Crippen molar-refractivity contribution in [2.75, 3.05) is 0 Å². The van der Waals surface area contributed by atoms with E-state index in [0.717, 1.165) is 28.3 Å². The summed E-state index contributed by atoms with van der Waals surface area (Å²) in [5.74, 6) is 0. The van der Waals surface area contributed by atoms with Crippen LogP contribution in [0.2, 0.25) is 0 Å². The molecule has 0 saturated carbocycles. The molecule has 0 radical (unpaired) electrons. The minimum atomic E-state index is -5.36. The highest BCUT2D eigenvalue weighted by molar-refractivity contribution is 6.14. The number of alkyl halides is 6. The van der Waals surface area contributed by atoms with Gasteiger partial charge in [0.15, 0.2) is 0 Å². The monoisotopic (exact) mass is 1260 g/mol. The van der Waals surface area contributed by atoms with Gasteiger partial charge in [0.05, 0.1) is 102 Å². The first kappa shape index (κ1) is 58.5. The molecule has 16 rings (SSSR count). The predicted octanol–water partition coefficient (Wildman–Crippen LogP) is 22.4. The lowest BCUT2D eigenvalue weighted by Gasteiger charge is -2.26. The molecule has 0 saturated heterocycles. The van der Waals surface area contributed by atoms with Crippen molar-refractivity contribution in [1.29, 1.82) is 5.26 Å². The summed E-state index contributed by atoms with van der Waals surface area (Å²) in [6.07, 6.45) is -10.7. The smallest absolute Gasteiger partial charge is 0.308 e. The molecular weight excluding hydrogens is 1210 g/mol. The quantitative estimate of drug-likeness (QED) is 0.120. The fourth-order valence-corrected chi connectivity index (χ4v) is 13.2. The molecule has 16 aromatic rings. The Morgan fingerprint density at radius 3 is 0.760 bits per heavy atom. The van der Waals surface area contributed by atoms with Crippen LogP contribution in [0, 0.1) is 11.3 Å². The van der Waals surface area contributed by atoms with Crippen LogP contribution >= 0.6 is 0 Å². The zero-order valence-corrected chi connectivity index (χ0v) is 50.7. The van der Waals surface area contributed by atoms with Crippen molar-refractivity contribution < 1.29 is 26.3 Å².